The first kappa shape index (κ1) is 17.7. The molecule has 3 nitrogen and oxygen atoms in total. The molecule has 1 heterocycles. The second-order valence-electron chi connectivity index (χ2n) is 6.98. The Bertz CT molecular complexity index is 578. The fraction of sp³-hybridized carbons (Fsp3) is 0.600. The molecule has 0 aromatic carbocycles. The fourth-order valence-electron chi connectivity index (χ4n) is 3.17. The first-order chi connectivity index (χ1) is 10.9. The highest BCUT2D eigenvalue weighted by atomic mass is 16.5. The molecule has 0 aromatic rings. The van der Waals surface area contributed by atoms with Crippen LogP contribution in [0.4, 0.5) is 0 Å². The molecular formula is C20H28O3. The van der Waals surface area contributed by atoms with E-state index in [4.69, 9.17) is 4.74 Å². The summed E-state index contributed by atoms with van der Waals surface area (Å²) in [5, 5.41) is 0. The van der Waals surface area contributed by atoms with Crippen molar-refractivity contribution < 1.29 is 14.3 Å². The molecule has 0 saturated carbocycles. The lowest BCUT2D eigenvalue weighted by Crippen LogP contribution is -2.12. The molecule has 0 N–H and O–H groups in total. The molecule has 3 heteroatoms. The molecule has 0 radical (unpaired) electrons. The third-order valence-corrected chi connectivity index (χ3v) is 5.00. The molecular weight excluding hydrogens is 288 g/mol. The first-order valence-electron chi connectivity index (χ1n) is 8.64. The fourth-order valence-corrected chi connectivity index (χ4v) is 3.17. The minimum absolute atomic E-state index is 0.122. The number of rotatable bonds is 0. The Morgan fingerprint density at radius 2 is 1.70 bits per heavy atom. The lowest BCUT2D eigenvalue weighted by Gasteiger charge is -2.14. The van der Waals surface area contributed by atoms with E-state index in [9.17, 15) is 9.59 Å². The Morgan fingerprint density at radius 1 is 1.00 bits per heavy atom. The molecule has 2 atom stereocenters. The van der Waals surface area contributed by atoms with Gasteiger partial charge in [0.2, 0.25) is 0 Å². The molecule has 1 aliphatic carbocycles. The van der Waals surface area contributed by atoms with Crippen molar-refractivity contribution >= 4 is 11.8 Å². The van der Waals surface area contributed by atoms with Crippen LogP contribution in [0, 0.1) is 5.92 Å². The van der Waals surface area contributed by atoms with Gasteiger partial charge in [0.15, 0.2) is 0 Å². The lowest BCUT2D eigenvalue weighted by atomic mass is 9.92. The summed E-state index contributed by atoms with van der Waals surface area (Å²) >= 11 is 0. The Hall–Kier alpha value is -1.64. The summed E-state index contributed by atoms with van der Waals surface area (Å²) in [4.78, 5) is 24.1. The maximum atomic E-state index is 12.2. The number of allylic oxidation sites excluding steroid dienone is 3. The summed E-state index contributed by atoms with van der Waals surface area (Å²) in [7, 11) is 0. The quantitative estimate of drug-likeness (QED) is 0.481. The zero-order valence-electron chi connectivity index (χ0n) is 14.8. The molecule has 0 unspecified atom stereocenters. The van der Waals surface area contributed by atoms with Crippen LogP contribution < -0.4 is 0 Å². The van der Waals surface area contributed by atoms with Crippen molar-refractivity contribution in [1.82, 2.24) is 0 Å². The van der Waals surface area contributed by atoms with E-state index < -0.39 is 0 Å². The summed E-state index contributed by atoms with van der Waals surface area (Å²) in [5.74, 6) is 0.248. The van der Waals surface area contributed by atoms with Gasteiger partial charge in [-0.05, 0) is 64.5 Å². The highest BCUT2D eigenvalue weighted by Crippen LogP contribution is 2.30. The summed E-state index contributed by atoms with van der Waals surface area (Å²) in [6, 6.07) is 0. The van der Waals surface area contributed by atoms with Gasteiger partial charge in [0.05, 0.1) is 0 Å². The minimum atomic E-state index is -0.245. The highest BCUT2D eigenvalue weighted by molar-refractivity contribution is 5.92. The normalized spacial score (nSPS) is 32.3. The molecule has 23 heavy (non-hydrogen) atoms. The number of esters is 1. The van der Waals surface area contributed by atoms with Gasteiger partial charge in [0.25, 0.3) is 0 Å². The molecule has 126 valence electrons. The van der Waals surface area contributed by atoms with E-state index in [0.717, 1.165) is 48.8 Å². The number of carbonyl (C=O) groups excluding carboxylic acids is 2. The number of ketones is 1. The Balaban J connectivity index is 2.23. The molecule has 1 aliphatic heterocycles. The number of hydrogen-bond acceptors (Lipinski definition) is 3. The predicted octanol–water partition coefficient (Wildman–Crippen LogP) is 4.68. The lowest BCUT2D eigenvalue weighted by molar-refractivity contribution is -0.138. The van der Waals surface area contributed by atoms with Crippen LogP contribution in [-0.4, -0.2) is 17.9 Å². The molecule has 2 aliphatic rings. The van der Waals surface area contributed by atoms with Crippen LogP contribution in [0.1, 0.15) is 66.2 Å². The van der Waals surface area contributed by atoms with Gasteiger partial charge in [0.1, 0.15) is 11.9 Å². The van der Waals surface area contributed by atoms with Crippen LogP contribution in [0.15, 0.2) is 34.4 Å². The standard InChI is InChI=1S/C20H28O3/c1-13-6-5-7-15(3)18(21)11-9-14(2)12-19-17(10-8-13)16(4)20(22)23-19/h6,12,15,19H,5,7-11H2,1-4H3/b13-6+,14-12+/t15-,19-/m1/s1. The van der Waals surface area contributed by atoms with E-state index in [1.165, 1.54) is 5.57 Å². The summed E-state index contributed by atoms with van der Waals surface area (Å²) in [6.45, 7) is 8.03. The maximum Gasteiger partial charge on any atom is 0.334 e. The number of Topliss-reactive ketones (excluding diaryl/α,β-unsaturated/α-hetero) is 1. The maximum absolute atomic E-state index is 12.2. The van der Waals surface area contributed by atoms with Gasteiger partial charge in [0, 0.05) is 17.9 Å². The van der Waals surface area contributed by atoms with Gasteiger partial charge >= 0.3 is 5.97 Å². The molecule has 0 saturated heterocycles. The zero-order valence-corrected chi connectivity index (χ0v) is 14.8. The van der Waals surface area contributed by atoms with Gasteiger partial charge in [-0.15, -0.1) is 0 Å². The Kier molecular flexibility index (Phi) is 5.97. The van der Waals surface area contributed by atoms with E-state index >= 15 is 0 Å². The van der Waals surface area contributed by atoms with E-state index in [1.807, 2.05) is 26.8 Å². The summed E-state index contributed by atoms with van der Waals surface area (Å²) in [5.41, 5.74) is 4.29. The average Bonchev–Trinajstić information content (AvgIpc) is 2.76. The van der Waals surface area contributed by atoms with Gasteiger partial charge < -0.3 is 4.74 Å². The molecule has 0 spiro atoms. The minimum Gasteiger partial charge on any atom is -0.450 e. The highest BCUT2D eigenvalue weighted by Gasteiger charge is 2.29. The van der Waals surface area contributed by atoms with Crippen LogP contribution >= 0.6 is 0 Å². The van der Waals surface area contributed by atoms with Crippen molar-refractivity contribution in [3.63, 3.8) is 0 Å². The SMILES string of the molecule is CC1=C2CC/C(C)=C/CC[C@@H](C)C(=O)CC/C(C)=C/[C@H]2OC1=O. The third-order valence-electron chi connectivity index (χ3n) is 5.00. The Morgan fingerprint density at radius 3 is 2.43 bits per heavy atom. The second-order valence-corrected chi connectivity index (χ2v) is 6.98. The van der Waals surface area contributed by atoms with Crippen LogP contribution in [0.2, 0.25) is 0 Å². The monoisotopic (exact) mass is 316 g/mol. The van der Waals surface area contributed by atoms with Gasteiger partial charge in [-0.3, -0.25) is 4.79 Å². The van der Waals surface area contributed by atoms with Gasteiger partial charge in [-0.2, -0.15) is 0 Å². The van der Waals surface area contributed by atoms with Crippen molar-refractivity contribution in [3.8, 4) is 0 Å². The van der Waals surface area contributed by atoms with Crippen LogP contribution in [0.3, 0.4) is 0 Å². The largest absolute Gasteiger partial charge is 0.450 e. The van der Waals surface area contributed by atoms with Crippen molar-refractivity contribution in [2.24, 2.45) is 5.92 Å². The average molecular weight is 316 g/mol. The predicted molar refractivity (Wildman–Crippen MR) is 92.0 cm³/mol. The smallest absolute Gasteiger partial charge is 0.334 e. The third kappa shape index (κ3) is 4.66. The molecule has 0 bridgehead atoms. The second kappa shape index (κ2) is 7.76. The topological polar surface area (TPSA) is 43.4 Å². The van der Waals surface area contributed by atoms with Crippen LogP contribution in [0.5, 0.6) is 0 Å². The van der Waals surface area contributed by atoms with Gasteiger partial charge in [-0.25, -0.2) is 4.79 Å². The van der Waals surface area contributed by atoms with E-state index in [0.29, 0.717) is 12.2 Å². The van der Waals surface area contributed by atoms with Crippen LogP contribution in [-0.2, 0) is 14.3 Å². The number of carbonyl (C=O) groups is 2. The van der Waals surface area contributed by atoms with E-state index in [1.54, 1.807) is 0 Å². The number of hydrogen-bond donors (Lipinski definition) is 0. The van der Waals surface area contributed by atoms with Crippen molar-refractivity contribution in [2.45, 2.75) is 72.3 Å². The Labute approximate surface area is 139 Å². The number of ether oxygens (including phenoxy) is 1. The van der Waals surface area contributed by atoms with Crippen molar-refractivity contribution in [3.05, 3.63) is 34.4 Å². The van der Waals surface area contributed by atoms with Crippen molar-refractivity contribution in [2.75, 3.05) is 0 Å². The van der Waals surface area contributed by atoms with Crippen LogP contribution in [0.25, 0.3) is 0 Å². The van der Waals surface area contributed by atoms with Gasteiger partial charge in [-0.1, -0.05) is 24.1 Å². The zero-order chi connectivity index (χ0) is 17.0. The summed E-state index contributed by atoms with van der Waals surface area (Å²) < 4.78 is 5.50. The first-order valence-corrected chi connectivity index (χ1v) is 8.64. The molecule has 2 rings (SSSR count). The molecule has 0 amide bonds. The summed E-state index contributed by atoms with van der Waals surface area (Å²) in [6.07, 6.45) is 9.01. The van der Waals surface area contributed by atoms with E-state index in [2.05, 4.69) is 13.0 Å². The van der Waals surface area contributed by atoms with E-state index in [-0.39, 0.29) is 18.0 Å². The van der Waals surface area contributed by atoms with Crippen molar-refractivity contribution in [1.29, 1.82) is 0 Å². The molecule has 0 fully saturated rings. The molecule has 0 aromatic heterocycles. The number of fused-ring (bicyclic) bond motifs is 1.